The summed E-state index contributed by atoms with van der Waals surface area (Å²) < 4.78 is 4.51. The molecule has 1 rings (SSSR count). The summed E-state index contributed by atoms with van der Waals surface area (Å²) in [5, 5.41) is 10.4. The number of carbonyl (C=O) groups excluding carboxylic acids is 1. The standard InChI is InChI=1S/C11H12N2O4/c1-8(11(14)17-2)12-7-9-3-5-10(6-4-9)13(15)16/h3-8H,1-2H3/t8-/m0/s1. The van der Waals surface area contributed by atoms with E-state index in [1.165, 1.54) is 25.5 Å². The lowest BCUT2D eigenvalue weighted by Gasteiger charge is -2.02. The fourth-order valence-corrected chi connectivity index (χ4v) is 1.11. The number of esters is 1. The predicted octanol–water partition coefficient (Wildman–Crippen LogP) is 1.58. The summed E-state index contributed by atoms with van der Waals surface area (Å²) in [6.07, 6.45) is 1.48. The highest BCUT2D eigenvalue weighted by Crippen LogP contribution is 2.10. The largest absolute Gasteiger partial charge is 0.467 e. The molecule has 90 valence electrons. The van der Waals surface area contributed by atoms with Crippen molar-refractivity contribution in [3.05, 3.63) is 39.9 Å². The molecule has 1 aromatic carbocycles. The molecule has 0 saturated heterocycles. The summed E-state index contributed by atoms with van der Waals surface area (Å²) in [6.45, 7) is 1.60. The number of nitro benzene ring substituents is 1. The van der Waals surface area contributed by atoms with Gasteiger partial charge in [-0.3, -0.25) is 15.1 Å². The number of ether oxygens (including phenoxy) is 1. The van der Waals surface area contributed by atoms with E-state index in [1.807, 2.05) is 0 Å². The van der Waals surface area contributed by atoms with Crippen LogP contribution in [0.2, 0.25) is 0 Å². The maximum absolute atomic E-state index is 11.1. The molecule has 0 aliphatic carbocycles. The summed E-state index contributed by atoms with van der Waals surface area (Å²) in [5.41, 5.74) is 0.703. The lowest BCUT2D eigenvalue weighted by atomic mass is 10.2. The van der Waals surface area contributed by atoms with Crippen LogP contribution in [-0.4, -0.2) is 30.3 Å². The van der Waals surface area contributed by atoms with Crippen LogP contribution in [0.15, 0.2) is 29.3 Å². The Morgan fingerprint density at radius 3 is 2.53 bits per heavy atom. The van der Waals surface area contributed by atoms with Gasteiger partial charge in [-0.2, -0.15) is 0 Å². The highest BCUT2D eigenvalue weighted by Gasteiger charge is 2.09. The van der Waals surface area contributed by atoms with Gasteiger partial charge < -0.3 is 4.74 Å². The molecule has 0 amide bonds. The first kappa shape index (κ1) is 12.8. The molecule has 1 aromatic rings. The highest BCUT2D eigenvalue weighted by atomic mass is 16.6. The van der Waals surface area contributed by atoms with Crippen molar-refractivity contribution < 1.29 is 14.5 Å². The molecular weight excluding hydrogens is 224 g/mol. The number of aliphatic imine (C=N–C) groups is 1. The number of nitrogens with zero attached hydrogens (tertiary/aromatic N) is 2. The van der Waals surface area contributed by atoms with E-state index in [-0.39, 0.29) is 5.69 Å². The number of hydrogen-bond acceptors (Lipinski definition) is 5. The van der Waals surface area contributed by atoms with Crippen LogP contribution in [-0.2, 0) is 9.53 Å². The normalized spacial score (nSPS) is 12.4. The quantitative estimate of drug-likeness (QED) is 0.344. The maximum atomic E-state index is 11.1. The van der Waals surface area contributed by atoms with Gasteiger partial charge in [0.2, 0.25) is 0 Å². The fourth-order valence-electron chi connectivity index (χ4n) is 1.11. The smallest absolute Gasteiger partial charge is 0.330 e. The molecule has 0 heterocycles. The molecule has 0 spiro atoms. The van der Waals surface area contributed by atoms with Crippen LogP contribution in [0.3, 0.4) is 0 Å². The third kappa shape index (κ3) is 3.67. The number of methoxy groups -OCH3 is 1. The van der Waals surface area contributed by atoms with Gasteiger partial charge >= 0.3 is 5.97 Å². The average molecular weight is 236 g/mol. The molecule has 0 fully saturated rings. The molecule has 6 heteroatoms. The molecule has 17 heavy (non-hydrogen) atoms. The molecule has 0 bridgehead atoms. The molecule has 0 unspecified atom stereocenters. The number of carbonyl (C=O) groups is 1. The lowest BCUT2D eigenvalue weighted by Crippen LogP contribution is -2.16. The Labute approximate surface area is 98.1 Å². The Bertz CT molecular complexity index is 439. The molecule has 0 N–H and O–H groups in total. The average Bonchev–Trinajstić information content (AvgIpc) is 2.35. The Hall–Kier alpha value is -2.24. The molecule has 1 atom stereocenters. The van der Waals surface area contributed by atoms with Gasteiger partial charge in [0.1, 0.15) is 6.04 Å². The first-order valence-electron chi connectivity index (χ1n) is 4.90. The van der Waals surface area contributed by atoms with Crippen molar-refractivity contribution in [2.75, 3.05) is 7.11 Å². The Morgan fingerprint density at radius 1 is 1.47 bits per heavy atom. The van der Waals surface area contributed by atoms with Gasteiger partial charge in [-0.25, -0.2) is 4.79 Å². The molecular formula is C11H12N2O4. The molecule has 0 radical (unpaired) electrons. The number of benzene rings is 1. The fraction of sp³-hybridized carbons (Fsp3) is 0.273. The van der Waals surface area contributed by atoms with Crippen molar-refractivity contribution in [3.8, 4) is 0 Å². The maximum Gasteiger partial charge on any atom is 0.330 e. The lowest BCUT2D eigenvalue weighted by molar-refractivity contribution is -0.384. The van der Waals surface area contributed by atoms with E-state index in [0.717, 1.165) is 0 Å². The van der Waals surface area contributed by atoms with E-state index in [1.54, 1.807) is 19.1 Å². The van der Waals surface area contributed by atoms with E-state index in [4.69, 9.17) is 0 Å². The van der Waals surface area contributed by atoms with Crippen LogP contribution < -0.4 is 0 Å². The number of non-ortho nitro benzene ring substituents is 1. The van der Waals surface area contributed by atoms with Crippen LogP contribution in [0.1, 0.15) is 12.5 Å². The van der Waals surface area contributed by atoms with Crippen LogP contribution in [0.5, 0.6) is 0 Å². The van der Waals surface area contributed by atoms with Crippen LogP contribution in [0.4, 0.5) is 5.69 Å². The van der Waals surface area contributed by atoms with Crippen molar-refractivity contribution in [1.82, 2.24) is 0 Å². The van der Waals surface area contributed by atoms with E-state index in [0.29, 0.717) is 5.56 Å². The third-order valence-electron chi connectivity index (χ3n) is 2.09. The van der Waals surface area contributed by atoms with Gasteiger partial charge in [-0.1, -0.05) is 0 Å². The highest BCUT2D eigenvalue weighted by molar-refractivity contribution is 5.84. The summed E-state index contributed by atoms with van der Waals surface area (Å²) >= 11 is 0. The molecule has 0 saturated carbocycles. The van der Waals surface area contributed by atoms with E-state index in [2.05, 4.69) is 9.73 Å². The van der Waals surface area contributed by atoms with Crippen molar-refractivity contribution in [1.29, 1.82) is 0 Å². The van der Waals surface area contributed by atoms with Crippen LogP contribution >= 0.6 is 0 Å². The molecule has 0 aliphatic rings. The predicted molar refractivity (Wildman–Crippen MR) is 62.2 cm³/mol. The first-order chi connectivity index (χ1) is 8.04. The van der Waals surface area contributed by atoms with Crippen LogP contribution in [0.25, 0.3) is 0 Å². The minimum Gasteiger partial charge on any atom is -0.467 e. The second-order valence-electron chi connectivity index (χ2n) is 3.33. The monoisotopic (exact) mass is 236 g/mol. The van der Waals surface area contributed by atoms with Gasteiger partial charge in [-0.15, -0.1) is 0 Å². The zero-order chi connectivity index (χ0) is 12.8. The zero-order valence-corrected chi connectivity index (χ0v) is 9.49. The molecule has 0 aromatic heterocycles. The van der Waals surface area contributed by atoms with Gasteiger partial charge in [0.15, 0.2) is 0 Å². The molecule has 0 aliphatic heterocycles. The Kier molecular flexibility index (Phi) is 4.33. The Morgan fingerprint density at radius 2 is 2.06 bits per heavy atom. The minimum absolute atomic E-state index is 0.0168. The van der Waals surface area contributed by atoms with E-state index >= 15 is 0 Å². The number of nitro groups is 1. The summed E-state index contributed by atoms with van der Waals surface area (Å²) in [4.78, 5) is 25.0. The van der Waals surface area contributed by atoms with Gasteiger partial charge in [-0.05, 0) is 24.6 Å². The second kappa shape index (κ2) is 5.74. The molecule has 6 nitrogen and oxygen atoms in total. The van der Waals surface area contributed by atoms with Gasteiger partial charge in [0.05, 0.1) is 12.0 Å². The number of hydrogen-bond donors (Lipinski definition) is 0. The van der Waals surface area contributed by atoms with Crippen LogP contribution in [0, 0.1) is 10.1 Å². The summed E-state index contributed by atoms with van der Waals surface area (Å²) in [6, 6.07) is 5.29. The summed E-state index contributed by atoms with van der Waals surface area (Å²) in [7, 11) is 1.29. The van der Waals surface area contributed by atoms with Gasteiger partial charge in [0, 0.05) is 18.3 Å². The van der Waals surface area contributed by atoms with E-state index < -0.39 is 16.9 Å². The minimum atomic E-state index is -0.588. The number of rotatable bonds is 4. The van der Waals surface area contributed by atoms with Crippen molar-refractivity contribution in [2.45, 2.75) is 13.0 Å². The summed E-state index contributed by atoms with van der Waals surface area (Å²) in [5.74, 6) is -0.428. The SMILES string of the molecule is COC(=O)[C@H](C)N=Cc1ccc([N+](=O)[O-])cc1. The van der Waals surface area contributed by atoms with E-state index in [9.17, 15) is 14.9 Å². The first-order valence-corrected chi connectivity index (χ1v) is 4.90. The third-order valence-corrected chi connectivity index (χ3v) is 2.09. The Balaban J connectivity index is 2.72. The van der Waals surface area contributed by atoms with Crippen molar-refractivity contribution in [2.24, 2.45) is 4.99 Å². The van der Waals surface area contributed by atoms with Crippen molar-refractivity contribution >= 4 is 17.9 Å². The zero-order valence-electron chi connectivity index (χ0n) is 9.49. The second-order valence-corrected chi connectivity index (χ2v) is 3.33. The van der Waals surface area contributed by atoms with Crippen molar-refractivity contribution in [3.63, 3.8) is 0 Å². The topological polar surface area (TPSA) is 81.8 Å². The van der Waals surface area contributed by atoms with Gasteiger partial charge in [0.25, 0.3) is 5.69 Å².